The second-order valence-corrected chi connectivity index (χ2v) is 7.73. The molecule has 2 bridgehead atoms. The van der Waals surface area contributed by atoms with E-state index in [2.05, 4.69) is 16.2 Å². The quantitative estimate of drug-likeness (QED) is 0.308. The Balaban J connectivity index is 1.71. The van der Waals surface area contributed by atoms with E-state index < -0.39 is 52.2 Å². The molecule has 124 valence electrons. The zero-order valence-corrected chi connectivity index (χ0v) is 13.1. The Hall–Kier alpha value is -1.92. The largest absolute Gasteiger partial charge is 0.458 e. The van der Waals surface area contributed by atoms with Crippen LogP contribution in [0.2, 0.25) is 0 Å². The zero-order valence-electron chi connectivity index (χ0n) is 12.3. The molecule has 0 aromatic heterocycles. The predicted octanol–water partition coefficient (Wildman–Crippen LogP) is 0.0523. The zero-order chi connectivity index (χ0) is 16.9. The van der Waals surface area contributed by atoms with Crippen LogP contribution < -0.4 is 0 Å². The number of rotatable bonds is 4. The van der Waals surface area contributed by atoms with Gasteiger partial charge in [0.05, 0.1) is 5.92 Å². The van der Waals surface area contributed by atoms with Crippen molar-refractivity contribution in [1.82, 2.24) is 0 Å². The average molecular weight is 341 g/mol. The Morgan fingerprint density at radius 3 is 2.70 bits per heavy atom. The minimum absolute atomic E-state index is 0.139. The van der Waals surface area contributed by atoms with Gasteiger partial charge in [0.25, 0.3) is 16.2 Å². The molecule has 6 unspecified atom stereocenters. The van der Waals surface area contributed by atoms with E-state index in [9.17, 15) is 18.0 Å². The lowest BCUT2D eigenvalue weighted by molar-refractivity contribution is -0.162. The molecular formula is C14H15NO7S. The van der Waals surface area contributed by atoms with Crippen LogP contribution in [-0.2, 0) is 33.4 Å². The van der Waals surface area contributed by atoms with Gasteiger partial charge in [-0.1, -0.05) is 6.58 Å². The number of nitrogens with zero attached hydrogens (tertiary/aromatic N) is 1. The van der Waals surface area contributed by atoms with Crippen molar-refractivity contribution in [2.45, 2.75) is 36.8 Å². The van der Waals surface area contributed by atoms with Crippen molar-refractivity contribution < 1.29 is 31.7 Å². The molecule has 2 aliphatic carbocycles. The molecule has 8 nitrogen and oxygen atoms in total. The Labute approximate surface area is 133 Å². The van der Waals surface area contributed by atoms with Crippen molar-refractivity contribution in [1.29, 1.82) is 0 Å². The molecule has 0 amide bonds. The van der Waals surface area contributed by atoms with Crippen molar-refractivity contribution in [2.24, 2.45) is 11.8 Å². The first-order valence-electron chi connectivity index (χ1n) is 7.07. The van der Waals surface area contributed by atoms with Gasteiger partial charge in [-0.15, -0.1) is 0 Å². The lowest BCUT2D eigenvalue weighted by Gasteiger charge is -2.25. The molecule has 3 aliphatic rings. The van der Waals surface area contributed by atoms with Gasteiger partial charge in [-0.25, -0.2) is 16.2 Å². The molecule has 6 atom stereocenters. The van der Waals surface area contributed by atoms with Gasteiger partial charge in [0.2, 0.25) is 0 Å². The third kappa shape index (κ3) is 2.42. The minimum Gasteiger partial charge on any atom is -0.458 e. The SMILES string of the molecule is [C-]#[N+]C1C2CC3C1OS(=O)(=O)C3C2OC(=O)COC(=O)C(=C)C. The van der Waals surface area contributed by atoms with Crippen LogP contribution in [0, 0.1) is 18.4 Å². The molecule has 0 aromatic rings. The van der Waals surface area contributed by atoms with Gasteiger partial charge in [0.1, 0.15) is 11.4 Å². The Morgan fingerprint density at radius 1 is 1.39 bits per heavy atom. The van der Waals surface area contributed by atoms with E-state index in [1.807, 2.05) is 0 Å². The molecule has 0 radical (unpaired) electrons. The summed E-state index contributed by atoms with van der Waals surface area (Å²) in [7, 11) is -3.86. The number of carbonyl (C=O) groups is 2. The first kappa shape index (κ1) is 16.0. The molecule has 2 saturated carbocycles. The van der Waals surface area contributed by atoms with Crippen LogP contribution in [-0.4, -0.2) is 50.5 Å². The summed E-state index contributed by atoms with van der Waals surface area (Å²) in [6.07, 6.45) is -1.09. The lowest BCUT2D eigenvalue weighted by atomic mass is 9.90. The molecule has 1 heterocycles. The van der Waals surface area contributed by atoms with Crippen LogP contribution in [0.3, 0.4) is 0 Å². The number of hydrogen-bond donors (Lipinski definition) is 0. The van der Waals surface area contributed by atoms with Gasteiger partial charge in [0, 0.05) is 11.5 Å². The fourth-order valence-corrected chi connectivity index (χ4v) is 5.68. The van der Waals surface area contributed by atoms with Crippen LogP contribution in [0.5, 0.6) is 0 Å². The maximum atomic E-state index is 12.1. The maximum absolute atomic E-state index is 12.1. The highest BCUT2D eigenvalue weighted by molar-refractivity contribution is 7.87. The second-order valence-electron chi connectivity index (χ2n) is 6.01. The van der Waals surface area contributed by atoms with E-state index in [0.717, 1.165) is 0 Å². The summed E-state index contributed by atoms with van der Waals surface area (Å²) >= 11 is 0. The van der Waals surface area contributed by atoms with E-state index in [0.29, 0.717) is 6.42 Å². The average Bonchev–Trinajstić information content (AvgIpc) is 3.05. The summed E-state index contributed by atoms with van der Waals surface area (Å²) in [5.74, 6) is -2.27. The first-order chi connectivity index (χ1) is 10.8. The Kier molecular flexibility index (Phi) is 3.69. The summed E-state index contributed by atoms with van der Waals surface area (Å²) in [6.45, 7) is 11.4. The fourth-order valence-electron chi connectivity index (χ4n) is 3.70. The van der Waals surface area contributed by atoms with Gasteiger partial charge in [-0.2, -0.15) is 8.42 Å². The standard InChI is InChI=1S/C14H15NO7S/c1-6(2)14(17)20-5-9(16)21-12-7-4-8-11(10(7)15-3)22-23(18,19)13(8)12/h7-8,10-13H,1,4-5H2,2H3. The van der Waals surface area contributed by atoms with Crippen molar-refractivity contribution in [3.05, 3.63) is 23.6 Å². The van der Waals surface area contributed by atoms with Crippen molar-refractivity contribution >= 4 is 22.1 Å². The Morgan fingerprint density at radius 2 is 2.09 bits per heavy atom. The highest BCUT2D eigenvalue weighted by Gasteiger charge is 2.73. The number of esters is 2. The Bertz CT molecular complexity index is 722. The molecule has 1 saturated heterocycles. The van der Waals surface area contributed by atoms with E-state index in [1.165, 1.54) is 6.92 Å². The summed E-state index contributed by atoms with van der Waals surface area (Å²) in [4.78, 5) is 26.5. The molecule has 3 fully saturated rings. The maximum Gasteiger partial charge on any atom is 0.344 e. The molecule has 0 aromatic carbocycles. The summed E-state index contributed by atoms with van der Waals surface area (Å²) < 4.78 is 39.1. The van der Waals surface area contributed by atoms with Gasteiger partial charge in [0.15, 0.2) is 12.7 Å². The summed E-state index contributed by atoms with van der Waals surface area (Å²) in [6, 6.07) is -0.635. The smallest absolute Gasteiger partial charge is 0.344 e. The third-order valence-electron chi connectivity index (χ3n) is 4.57. The highest BCUT2D eigenvalue weighted by Crippen LogP contribution is 2.56. The van der Waals surface area contributed by atoms with Crippen LogP contribution in [0.15, 0.2) is 12.2 Å². The van der Waals surface area contributed by atoms with E-state index in [1.54, 1.807) is 0 Å². The molecule has 3 rings (SSSR count). The highest BCUT2D eigenvalue weighted by atomic mass is 32.2. The lowest BCUT2D eigenvalue weighted by Crippen LogP contribution is -2.45. The topological polar surface area (TPSA) is 100 Å². The minimum atomic E-state index is -3.86. The second kappa shape index (κ2) is 5.32. The number of hydrogen-bond acceptors (Lipinski definition) is 7. The predicted molar refractivity (Wildman–Crippen MR) is 75.2 cm³/mol. The van der Waals surface area contributed by atoms with Gasteiger partial charge in [-0.05, 0) is 13.3 Å². The van der Waals surface area contributed by atoms with E-state index in [4.69, 9.17) is 15.5 Å². The van der Waals surface area contributed by atoms with Crippen molar-refractivity contribution in [3.8, 4) is 0 Å². The van der Waals surface area contributed by atoms with Crippen LogP contribution >= 0.6 is 0 Å². The normalized spacial score (nSPS) is 38.8. The summed E-state index contributed by atoms with van der Waals surface area (Å²) in [5.41, 5.74) is 0.139. The van der Waals surface area contributed by atoms with Crippen molar-refractivity contribution in [2.75, 3.05) is 6.61 Å². The van der Waals surface area contributed by atoms with E-state index >= 15 is 0 Å². The molecule has 0 N–H and O–H groups in total. The van der Waals surface area contributed by atoms with Crippen LogP contribution in [0.25, 0.3) is 4.85 Å². The first-order valence-corrected chi connectivity index (χ1v) is 8.54. The third-order valence-corrected chi connectivity index (χ3v) is 6.35. The molecule has 1 aliphatic heterocycles. The van der Waals surface area contributed by atoms with Crippen LogP contribution in [0.4, 0.5) is 0 Å². The molecular weight excluding hydrogens is 326 g/mol. The van der Waals surface area contributed by atoms with Gasteiger partial charge >= 0.3 is 11.9 Å². The monoisotopic (exact) mass is 341 g/mol. The fraction of sp³-hybridized carbons (Fsp3) is 0.643. The molecule has 0 spiro atoms. The number of carbonyl (C=O) groups excluding carboxylic acids is 2. The molecule has 23 heavy (non-hydrogen) atoms. The van der Waals surface area contributed by atoms with E-state index in [-0.39, 0.29) is 17.4 Å². The van der Waals surface area contributed by atoms with Gasteiger partial charge in [-0.3, -0.25) is 4.18 Å². The van der Waals surface area contributed by atoms with Crippen molar-refractivity contribution in [3.63, 3.8) is 0 Å². The summed E-state index contributed by atoms with van der Waals surface area (Å²) in [5, 5.41) is -0.934. The molecule has 9 heteroatoms. The number of fused-ring (bicyclic) bond motifs is 1. The van der Waals surface area contributed by atoms with Crippen LogP contribution in [0.1, 0.15) is 13.3 Å². The number of ether oxygens (including phenoxy) is 2. The van der Waals surface area contributed by atoms with Gasteiger partial charge < -0.3 is 14.3 Å².